The molecule has 0 aliphatic heterocycles. The van der Waals surface area contributed by atoms with Gasteiger partial charge in [-0.15, -0.1) is 0 Å². The van der Waals surface area contributed by atoms with Crippen molar-refractivity contribution in [2.75, 3.05) is 60.6 Å². The Hall–Kier alpha value is -1.79. The fourth-order valence-electron chi connectivity index (χ4n) is 2.28. The van der Waals surface area contributed by atoms with E-state index in [1.54, 1.807) is 14.2 Å². The molecule has 0 spiro atoms. The van der Waals surface area contributed by atoms with Crippen LogP contribution in [-0.4, -0.2) is 71.5 Å². The number of benzene rings is 1. The molecule has 0 amide bonds. The quantitative estimate of drug-likeness (QED) is 0.343. The topological polar surface area (TPSA) is 58.1 Å². The van der Waals surface area contributed by atoms with Crippen molar-refractivity contribution in [2.45, 2.75) is 19.8 Å². The third kappa shape index (κ3) is 10.6. The molecule has 0 unspecified atom stereocenters. The van der Waals surface area contributed by atoms with E-state index in [-0.39, 0.29) is 0 Å². The molecule has 1 rings (SSSR count). The fraction of sp³-hybridized carbons (Fsp3) is 0.632. The third-order valence-corrected chi connectivity index (χ3v) is 3.80. The van der Waals surface area contributed by atoms with Crippen LogP contribution in [0.3, 0.4) is 0 Å². The van der Waals surface area contributed by atoms with Gasteiger partial charge in [-0.2, -0.15) is 0 Å². The SMILES string of the molecule is CN=C(NCCCOc1ccc(C)cc1)NCCN(C)CCCOC. The summed E-state index contributed by atoms with van der Waals surface area (Å²) in [6.45, 7) is 7.28. The van der Waals surface area contributed by atoms with Gasteiger partial charge in [0.05, 0.1) is 6.61 Å². The average molecular weight is 351 g/mol. The van der Waals surface area contributed by atoms with Gasteiger partial charge in [0, 0.05) is 46.9 Å². The van der Waals surface area contributed by atoms with Gasteiger partial charge in [-0.3, -0.25) is 4.99 Å². The molecule has 1 aromatic carbocycles. The number of ether oxygens (including phenoxy) is 2. The first-order valence-corrected chi connectivity index (χ1v) is 8.97. The summed E-state index contributed by atoms with van der Waals surface area (Å²) in [5.74, 6) is 1.75. The average Bonchev–Trinajstić information content (AvgIpc) is 2.61. The molecular formula is C19H34N4O2. The van der Waals surface area contributed by atoms with Gasteiger partial charge >= 0.3 is 0 Å². The Labute approximate surface area is 152 Å². The van der Waals surface area contributed by atoms with Gasteiger partial charge in [-0.05, 0) is 38.9 Å². The van der Waals surface area contributed by atoms with Crippen LogP contribution in [0.15, 0.2) is 29.3 Å². The van der Waals surface area contributed by atoms with E-state index in [1.165, 1.54) is 5.56 Å². The van der Waals surface area contributed by atoms with Crippen LogP contribution in [0.4, 0.5) is 0 Å². The van der Waals surface area contributed by atoms with Gasteiger partial charge in [0.25, 0.3) is 0 Å². The first-order valence-electron chi connectivity index (χ1n) is 8.97. The molecule has 0 aliphatic rings. The number of nitrogens with one attached hydrogen (secondary N) is 2. The first-order chi connectivity index (χ1) is 12.2. The number of guanidine groups is 1. The summed E-state index contributed by atoms with van der Waals surface area (Å²) < 4.78 is 10.8. The van der Waals surface area contributed by atoms with Crippen LogP contribution < -0.4 is 15.4 Å². The van der Waals surface area contributed by atoms with Gasteiger partial charge in [0.2, 0.25) is 0 Å². The molecule has 25 heavy (non-hydrogen) atoms. The Morgan fingerprint density at radius 1 is 1.04 bits per heavy atom. The Morgan fingerprint density at radius 2 is 1.76 bits per heavy atom. The number of aliphatic imine (C=N–C) groups is 1. The summed E-state index contributed by atoms with van der Waals surface area (Å²) in [6, 6.07) is 8.13. The molecule has 6 heteroatoms. The molecule has 142 valence electrons. The molecule has 0 radical (unpaired) electrons. The van der Waals surface area contributed by atoms with Crippen molar-refractivity contribution >= 4 is 5.96 Å². The number of hydrogen-bond donors (Lipinski definition) is 2. The van der Waals surface area contributed by atoms with Crippen molar-refractivity contribution in [3.63, 3.8) is 0 Å². The summed E-state index contributed by atoms with van der Waals surface area (Å²) in [6.07, 6.45) is 1.98. The maximum Gasteiger partial charge on any atom is 0.191 e. The largest absolute Gasteiger partial charge is 0.494 e. The lowest BCUT2D eigenvalue weighted by molar-refractivity contribution is 0.180. The van der Waals surface area contributed by atoms with E-state index in [0.717, 1.165) is 57.3 Å². The molecule has 0 heterocycles. The number of rotatable bonds is 12. The van der Waals surface area contributed by atoms with Crippen LogP contribution >= 0.6 is 0 Å². The molecule has 0 atom stereocenters. The maximum atomic E-state index is 5.72. The molecule has 6 nitrogen and oxygen atoms in total. The Morgan fingerprint density at radius 3 is 2.44 bits per heavy atom. The standard InChI is InChI=1S/C19H34N4O2/c1-17-7-9-18(10-8-17)25-16-5-11-21-19(20-2)22-12-14-23(3)13-6-15-24-4/h7-10H,5-6,11-16H2,1-4H3,(H2,20,21,22). The van der Waals surface area contributed by atoms with E-state index >= 15 is 0 Å². The zero-order valence-corrected chi connectivity index (χ0v) is 16.2. The van der Waals surface area contributed by atoms with E-state index < -0.39 is 0 Å². The van der Waals surface area contributed by atoms with Crippen LogP contribution in [0.5, 0.6) is 5.75 Å². The molecule has 0 saturated heterocycles. The summed E-state index contributed by atoms with van der Waals surface area (Å²) in [5, 5.41) is 6.64. The van der Waals surface area contributed by atoms with Gasteiger partial charge < -0.3 is 25.0 Å². The number of hydrogen-bond acceptors (Lipinski definition) is 4. The highest BCUT2D eigenvalue weighted by atomic mass is 16.5. The number of nitrogens with zero attached hydrogens (tertiary/aromatic N) is 2. The number of methoxy groups -OCH3 is 1. The zero-order chi connectivity index (χ0) is 18.3. The van der Waals surface area contributed by atoms with Crippen LogP contribution in [0.2, 0.25) is 0 Å². The molecular weight excluding hydrogens is 316 g/mol. The highest BCUT2D eigenvalue weighted by Crippen LogP contribution is 2.11. The van der Waals surface area contributed by atoms with Crippen molar-refractivity contribution in [3.05, 3.63) is 29.8 Å². The first kappa shape index (κ1) is 21.3. The van der Waals surface area contributed by atoms with E-state index in [2.05, 4.69) is 46.6 Å². The van der Waals surface area contributed by atoms with E-state index in [1.807, 2.05) is 12.1 Å². The molecule has 0 aliphatic carbocycles. The fourth-order valence-corrected chi connectivity index (χ4v) is 2.28. The van der Waals surface area contributed by atoms with Crippen LogP contribution in [0, 0.1) is 6.92 Å². The van der Waals surface area contributed by atoms with Crippen molar-refractivity contribution < 1.29 is 9.47 Å². The Kier molecular flexibility index (Phi) is 11.5. The van der Waals surface area contributed by atoms with Crippen molar-refractivity contribution in [1.82, 2.24) is 15.5 Å². The minimum atomic E-state index is 0.690. The van der Waals surface area contributed by atoms with E-state index in [9.17, 15) is 0 Å². The summed E-state index contributed by atoms with van der Waals surface area (Å²) >= 11 is 0. The van der Waals surface area contributed by atoms with Crippen molar-refractivity contribution in [2.24, 2.45) is 4.99 Å². The van der Waals surface area contributed by atoms with Crippen LogP contribution in [-0.2, 0) is 4.74 Å². The second-order valence-corrected chi connectivity index (χ2v) is 6.09. The molecule has 0 bridgehead atoms. The van der Waals surface area contributed by atoms with E-state index in [0.29, 0.717) is 6.61 Å². The lowest BCUT2D eigenvalue weighted by Crippen LogP contribution is -2.41. The predicted octanol–water partition coefficient (Wildman–Crippen LogP) is 1.90. The predicted molar refractivity (Wildman–Crippen MR) is 105 cm³/mol. The maximum absolute atomic E-state index is 5.72. The molecule has 0 aromatic heterocycles. The smallest absolute Gasteiger partial charge is 0.191 e. The van der Waals surface area contributed by atoms with Crippen LogP contribution in [0.25, 0.3) is 0 Å². The molecule has 0 saturated carbocycles. The normalized spacial score (nSPS) is 11.6. The number of likely N-dealkylation sites (N-methyl/N-ethyl adjacent to an activating group) is 1. The zero-order valence-electron chi connectivity index (χ0n) is 16.2. The van der Waals surface area contributed by atoms with Crippen LogP contribution in [0.1, 0.15) is 18.4 Å². The summed E-state index contributed by atoms with van der Waals surface area (Å²) in [4.78, 5) is 6.53. The molecule has 1 aromatic rings. The minimum Gasteiger partial charge on any atom is -0.494 e. The lowest BCUT2D eigenvalue weighted by atomic mass is 10.2. The van der Waals surface area contributed by atoms with E-state index in [4.69, 9.17) is 9.47 Å². The Bertz CT molecular complexity index is 477. The summed E-state index contributed by atoms with van der Waals surface area (Å²) in [7, 11) is 5.65. The molecule has 2 N–H and O–H groups in total. The summed E-state index contributed by atoms with van der Waals surface area (Å²) in [5.41, 5.74) is 1.24. The second kappa shape index (κ2) is 13.5. The molecule has 0 fully saturated rings. The van der Waals surface area contributed by atoms with Gasteiger partial charge in [-0.25, -0.2) is 0 Å². The lowest BCUT2D eigenvalue weighted by Gasteiger charge is -2.18. The number of aryl methyl sites for hydroxylation is 1. The van der Waals surface area contributed by atoms with Gasteiger partial charge in [0.1, 0.15) is 5.75 Å². The minimum absolute atomic E-state index is 0.690. The van der Waals surface area contributed by atoms with Crippen molar-refractivity contribution in [3.8, 4) is 5.75 Å². The van der Waals surface area contributed by atoms with Crippen molar-refractivity contribution in [1.29, 1.82) is 0 Å². The van der Waals surface area contributed by atoms with Gasteiger partial charge in [0.15, 0.2) is 5.96 Å². The highest BCUT2D eigenvalue weighted by Gasteiger charge is 2.00. The monoisotopic (exact) mass is 350 g/mol. The highest BCUT2D eigenvalue weighted by molar-refractivity contribution is 5.79. The third-order valence-electron chi connectivity index (χ3n) is 3.80. The van der Waals surface area contributed by atoms with Gasteiger partial charge in [-0.1, -0.05) is 17.7 Å². The second-order valence-electron chi connectivity index (χ2n) is 6.09. The Balaban J connectivity index is 2.06.